The predicted molar refractivity (Wildman–Crippen MR) is 101 cm³/mol. The van der Waals surface area contributed by atoms with E-state index in [2.05, 4.69) is 4.74 Å². The van der Waals surface area contributed by atoms with Crippen LogP contribution in [0.4, 0.5) is 0 Å². The average Bonchev–Trinajstić information content (AvgIpc) is 2.51. The number of hydrogen-bond acceptors (Lipinski definition) is 5. The molecule has 4 saturated carbocycles. The number of halogens is 1. The number of nitrogens with two attached hydrogens (primary N) is 1. The molecule has 146 valence electrons. The first-order chi connectivity index (χ1) is 12.7. The number of aliphatic hydroxyl groups is 1. The number of carbonyl (C=O) groups excluding carboxylic acids is 2. The smallest absolute Gasteiger partial charge is 0.317 e. The van der Waals surface area contributed by atoms with Crippen LogP contribution in [0.15, 0.2) is 24.3 Å². The summed E-state index contributed by atoms with van der Waals surface area (Å²) >= 11 is 6.78. The number of alkyl halides is 1. The van der Waals surface area contributed by atoms with Crippen LogP contribution < -0.4 is 5.73 Å². The van der Waals surface area contributed by atoms with Crippen LogP contribution in [0.1, 0.15) is 56.2 Å². The Bertz CT molecular complexity index is 783. The highest BCUT2D eigenvalue weighted by atomic mass is 35.5. The van der Waals surface area contributed by atoms with E-state index < -0.39 is 17.5 Å². The Morgan fingerprint density at radius 2 is 2.15 bits per heavy atom. The molecule has 4 fully saturated rings. The van der Waals surface area contributed by atoms with Gasteiger partial charge in [0.05, 0.1) is 12.0 Å². The van der Waals surface area contributed by atoms with E-state index in [0.717, 1.165) is 36.8 Å². The van der Waals surface area contributed by atoms with Crippen molar-refractivity contribution in [3.63, 3.8) is 0 Å². The Labute approximate surface area is 164 Å². The number of ether oxygens (including phenoxy) is 1. The molecule has 0 spiro atoms. The van der Waals surface area contributed by atoms with Crippen LogP contribution in [0.2, 0.25) is 0 Å². The van der Waals surface area contributed by atoms with Gasteiger partial charge in [0.25, 0.3) is 0 Å². The minimum Gasteiger partial charge on any atom is -0.393 e. The Morgan fingerprint density at radius 3 is 2.81 bits per heavy atom. The van der Waals surface area contributed by atoms with E-state index in [0.29, 0.717) is 18.3 Å². The quantitative estimate of drug-likeness (QED) is 0.468. The maximum absolute atomic E-state index is 11.8. The molecule has 27 heavy (non-hydrogen) atoms. The molecule has 0 aliphatic heterocycles. The van der Waals surface area contributed by atoms with Gasteiger partial charge >= 0.3 is 11.9 Å². The molecule has 5 rings (SSSR count). The maximum atomic E-state index is 11.8. The van der Waals surface area contributed by atoms with Crippen LogP contribution in [-0.4, -0.2) is 27.5 Å². The fourth-order valence-electron chi connectivity index (χ4n) is 6.16. The molecule has 4 bridgehead atoms. The summed E-state index contributed by atoms with van der Waals surface area (Å²) < 4.78 is 4.61. The van der Waals surface area contributed by atoms with Gasteiger partial charge in [-0.15, -0.1) is 11.6 Å². The highest BCUT2D eigenvalue weighted by Crippen LogP contribution is 2.64. The third-order valence-corrected chi connectivity index (χ3v) is 7.08. The van der Waals surface area contributed by atoms with Crippen LogP contribution in [-0.2, 0) is 20.7 Å². The number of carbonyl (C=O) groups is 2. The lowest BCUT2D eigenvalue weighted by Crippen LogP contribution is -2.64. The van der Waals surface area contributed by atoms with Crippen LogP contribution in [0.5, 0.6) is 0 Å². The average molecular weight is 392 g/mol. The Hall–Kier alpha value is -1.43. The minimum atomic E-state index is -0.811. The highest BCUT2D eigenvalue weighted by Gasteiger charge is 2.62. The molecule has 5 nitrogen and oxygen atoms in total. The zero-order valence-electron chi connectivity index (χ0n) is 15.5. The van der Waals surface area contributed by atoms with Crippen molar-refractivity contribution in [3.05, 3.63) is 35.4 Å². The zero-order chi connectivity index (χ0) is 19.4. The molecule has 0 saturated heterocycles. The summed E-state index contributed by atoms with van der Waals surface area (Å²) in [4.78, 5) is 22.4. The summed E-state index contributed by atoms with van der Waals surface area (Å²) in [5.74, 6) is -0.393. The molecule has 6 heteroatoms. The fourth-order valence-corrected chi connectivity index (χ4v) is 6.81. The molecule has 2 unspecified atom stereocenters. The number of benzene rings is 1. The Morgan fingerprint density at radius 1 is 1.37 bits per heavy atom. The molecule has 4 aliphatic rings. The molecule has 1 aromatic rings. The third kappa shape index (κ3) is 3.53. The summed E-state index contributed by atoms with van der Waals surface area (Å²) in [6, 6.07) is 7.18. The summed E-state index contributed by atoms with van der Waals surface area (Å²) in [6.45, 7) is 1.21. The molecular formula is C21H26ClNO4. The van der Waals surface area contributed by atoms with E-state index >= 15 is 0 Å². The molecule has 0 aromatic heterocycles. The third-order valence-electron chi connectivity index (χ3n) is 6.64. The van der Waals surface area contributed by atoms with Crippen LogP contribution >= 0.6 is 11.6 Å². The van der Waals surface area contributed by atoms with Gasteiger partial charge in [0.1, 0.15) is 0 Å². The summed E-state index contributed by atoms with van der Waals surface area (Å²) in [7, 11) is 0. The minimum absolute atomic E-state index is 0.0192. The largest absolute Gasteiger partial charge is 0.393 e. The highest BCUT2D eigenvalue weighted by molar-refractivity contribution is 6.24. The normalized spacial score (nSPS) is 37.9. The van der Waals surface area contributed by atoms with Gasteiger partial charge in [-0.25, -0.2) is 0 Å². The molecule has 1 aromatic carbocycles. The summed E-state index contributed by atoms with van der Waals surface area (Å²) in [5, 5.41) is 11.4. The number of rotatable bonds is 4. The van der Waals surface area contributed by atoms with E-state index in [1.165, 1.54) is 6.92 Å². The van der Waals surface area contributed by atoms with Crippen molar-refractivity contribution in [1.82, 2.24) is 0 Å². The van der Waals surface area contributed by atoms with Crippen molar-refractivity contribution in [2.45, 2.75) is 62.0 Å². The second kappa shape index (κ2) is 6.57. The van der Waals surface area contributed by atoms with Crippen molar-refractivity contribution in [2.24, 2.45) is 23.5 Å². The molecule has 6 atom stereocenters. The first kappa shape index (κ1) is 18.9. The van der Waals surface area contributed by atoms with Crippen molar-refractivity contribution in [2.75, 3.05) is 0 Å². The number of hydrogen-bond donors (Lipinski definition) is 2. The van der Waals surface area contributed by atoms with Gasteiger partial charge in [-0.05, 0) is 55.1 Å². The van der Waals surface area contributed by atoms with Gasteiger partial charge in [-0.3, -0.25) is 9.59 Å². The van der Waals surface area contributed by atoms with E-state index in [-0.39, 0.29) is 23.3 Å². The lowest BCUT2D eigenvalue weighted by Gasteiger charge is -2.63. The van der Waals surface area contributed by atoms with Gasteiger partial charge in [0, 0.05) is 23.8 Å². The van der Waals surface area contributed by atoms with E-state index in [4.69, 9.17) is 17.3 Å². The topological polar surface area (TPSA) is 89.6 Å². The van der Waals surface area contributed by atoms with E-state index in [1.54, 1.807) is 0 Å². The fraction of sp³-hybridized carbons (Fsp3) is 0.619. The Kier molecular flexibility index (Phi) is 4.60. The monoisotopic (exact) mass is 391 g/mol. The van der Waals surface area contributed by atoms with E-state index in [1.807, 2.05) is 24.3 Å². The molecule has 4 aliphatic carbocycles. The summed E-state index contributed by atoms with van der Waals surface area (Å²) in [5.41, 5.74) is 7.49. The molecule has 3 N–H and O–H groups in total. The second-order valence-corrected chi connectivity index (χ2v) is 9.65. The predicted octanol–water partition coefficient (Wildman–Crippen LogP) is 2.87. The number of esters is 2. The van der Waals surface area contributed by atoms with Crippen molar-refractivity contribution in [1.29, 1.82) is 0 Å². The van der Waals surface area contributed by atoms with Crippen LogP contribution in [0.3, 0.4) is 0 Å². The molecule has 0 heterocycles. The first-order valence-corrected chi connectivity index (χ1v) is 10.0. The second-order valence-electron chi connectivity index (χ2n) is 8.84. The first-order valence-electron chi connectivity index (χ1n) is 9.64. The van der Waals surface area contributed by atoms with Gasteiger partial charge in [-0.2, -0.15) is 0 Å². The molecule has 0 radical (unpaired) electrons. The SMILES string of the molecule is CC(=O)OC(=O)Cc1cccc([C@H](N)[C@H]2C3CC4C[C@](Cl)(C3)C[C@@]2(O)C4)c1. The molecule has 0 amide bonds. The van der Waals surface area contributed by atoms with Crippen LogP contribution in [0, 0.1) is 17.8 Å². The van der Waals surface area contributed by atoms with Crippen molar-refractivity contribution in [3.8, 4) is 0 Å². The Balaban J connectivity index is 1.55. The van der Waals surface area contributed by atoms with Crippen molar-refractivity contribution >= 4 is 23.5 Å². The lowest BCUT2D eigenvalue weighted by atomic mass is 9.48. The van der Waals surface area contributed by atoms with Crippen molar-refractivity contribution < 1.29 is 19.4 Å². The van der Waals surface area contributed by atoms with Gasteiger partial charge in [0.15, 0.2) is 0 Å². The summed E-state index contributed by atoms with van der Waals surface area (Å²) in [6.07, 6.45) is 4.41. The van der Waals surface area contributed by atoms with Gasteiger partial charge < -0.3 is 15.6 Å². The van der Waals surface area contributed by atoms with Gasteiger partial charge in [-0.1, -0.05) is 24.3 Å². The zero-order valence-corrected chi connectivity index (χ0v) is 16.2. The van der Waals surface area contributed by atoms with Gasteiger partial charge in [0.2, 0.25) is 0 Å². The van der Waals surface area contributed by atoms with Crippen LogP contribution in [0.25, 0.3) is 0 Å². The molecular weight excluding hydrogens is 366 g/mol. The van der Waals surface area contributed by atoms with E-state index in [9.17, 15) is 14.7 Å². The lowest BCUT2D eigenvalue weighted by molar-refractivity contribution is -0.171. The maximum Gasteiger partial charge on any atom is 0.317 e. The standard InChI is InChI=1S/C21H26ClNO4/c1-12(24)27-17(25)7-13-3-2-4-15(5-13)19(23)18-16-6-14-8-20(22,10-16)11-21(18,26)9-14/h2-5,14,16,18-19,26H,6-11,23H2,1H3/t14?,16?,18-,19+,20+,21+/m1/s1.